The number of rotatable bonds is 7. The van der Waals surface area contributed by atoms with Crippen molar-refractivity contribution in [1.29, 1.82) is 0 Å². The number of ether oxygens (including phenoxy) is 1. The van der Waals surface area contributed by atoms with E-state index in [2.05, 4.69) is 10.6 Å². The molecule has 0 aromatic heterocycles. The molecule has 1 unspecified atom stereocenters. The van der Waals surface area contributed by atoms with Crippen LogP contribution in [0.3, 0.4) is 0 Å². The number of carbonyl (C=O) groups is 2. The van der Waals surface area contributed by atoms with Crippen molar-refractivity contribution in [1.82, 2.24) is 5.32 Å². The van der Waals surface area contributed by atoms with Crippen LogP contribution in [0.25, 0.3) is 0 Å². The quantitative estimate of drug-likeness (QED) is 0.793. The molecule has 26 heavy (non-hydrogen) atoms. The third kappa shape index (κ3) is 4.63. The highest BCUT2D eigenvalue weighted by molar-refractivity contribution is 5.98. The van der Waals surface area contributed by atoms with Gasteiger partial charge in [-0.2, -0.15) is 0 Å². The Balaban J connectivity index is 1.65. The minimum Gasteiger partial charge on any atom is -0.494 e. The van der Waals surface area contributed by atoms with Gasteiger partial charge in [0.2, 0.25) is 5.91 Å². The first kappa shape index (κ1) is 18.0. The summed E-state index contributed by atoms with van der Waals surface area (Å²) >= 11 is 0. The van der Waals surface area contributed by atoms with Crippen LogP contribution < -0.4 is 15.4 Å². The van der Waals surface area contributed by atoms with Gasteiger partial charge in [-0.25, -0.2) is 0 Å². The number of carbonyl (C=O) groups excluding carboxylic acids is 2. The first-order chi connectivity index (χ1) is 12.6. The zero-order chi connectivity index (χ0) is 18.5. The van der Waals surface area contributed by atoms with Gasteiger partial charge in [-0.1, -0.05) is 18.2 Å². The maximum atomic E-state index is 12.6. The van der Waals surface area contributed by atoms with Gasteiger partial charge in [0.1, 0.15) is 5.75 Å². The molecule has 2 aromatic rings. The fourth-order valence-electron chi connectivity index (χ4n) is 2.73. The molecule has 0 heterocycles. The van der Waals surface area contributed by atoms with Crippen LogP contribution in [-0.4, -0.2) is 18.4 Å². The minimum absolute atomic E-state index is 0.0312. The van der Waals surface area contributed by atoms with Crippen LogP contribution in [0.5, 0.6) is 5.75 Å². The van der Waals surface area contributed by atoms with Crippen molar-refractivity contribution in [3.05, 3.63) is 59.7 Å². The highest BCUT2D eigenvalue weighted by Gasteiger charge is 2.29. The Labute approximate surface area is 153 Å². The standard InChI is InChI=1S/C21H24N2O3/c1-3-26-19-9-5-6-16(13-19)14(2)22-21(25)17-7-4-8-18(12-17)23-20(24)15-10-11-15/h4-9,12-15H,3,10-11H2,1-2H3,(H,22,25)(H,23,24). The summed E-state index contributed by atoms with van der Waals surface area (Å²) in [5, 5.41) is 5.86. The lowest BCUT2D eigenvalue weighted by Gasteiger charge is -2.16. The molecule has 0 aliphatic heterocycles. The van der Waals surface area contributed by atoms with E-state index in [1.54, 1.807) is 24.3 Å². The number of hydrogen-bond donors (Lipinski definition) is 2. The van der Waals surface area contributed by atoms with Crippen molar-refractivity contribution in [2.24, 2.45) is 5.92 Å². The van der Waals surface area contributed by atoms with Crippen LogP contribution in [0.4, 0.5) is 5.69 Å². The van der Waals surface area contributed by atoms with E-state index in [4.69, 9.17) is 4.74 Å². The van der Waals surface area contributed by atoms with Gasteiger partial charge in [0.05, 0.1) is 12.6 Å². The first-order valence-corrected chi connectivity index (χ1v) is 9.01. The summed E-state index contributed by atoms with van der Waals surface area (Å²) in [5.74, 6) is 0.770. The number of hydrogen-bond acceptors (Lipinski definition) is 3. The Morgan fingerprint density at radius 3 is 2.65 bits per heavy atom. The molecule has 1 atom stereocenters. The average Bonchev–Trinajstić information content (AvgIpc) is 3.47. The second-order valence-electron chi connectivity index (χ2n) is 6.54. The summed E-state index contributed by atoms with van der Waals surface area (Å²) in [5.41, 5.74) is 2.15. The average molecular weight is 352 g/mol. The lowest BCUT2D eigenvalue weighted by molar-refractivity contribution is -0.117. The molecule has 0 bridgehead atoms. The molecule has 1 fully saturated rings. The molecular weight excluding hydrogens is 328 g/mol. The van der Waals surface area contributed by atoms with Gasteiger partial charge in [0.25, 0.3) is 5.91 Å². The van der Waals surface area contributed by atoms with Crippen LogP contribution >= 0.6 is 0 Å². The molecule has 1 aliphatic rings. The van der Waals surface area contributed by atoms with Gasteiger partial charge in [-0.3, -0.25) is 9.59 Å². The van der Waals surface area contributed by atoms with E-state index in [1.165, 1.54) is 0 Å². The molecule has 0 radical (unpaired) electrons. The second-order valence-corrected chi connectivity index (χ2v) is 6.54. The summed E-state index contributed by atoms with van der Waals surface area (Å²) in [6.45, 7) is 4.47. The summed E-state index contributed by atoms with van der Waals surface area (Å²) in [4.78, 5) is 24.4. The normalized spacial score (nSPS) is 14.4. The van der Waals surface area contributed by atoms with E-state index in [0.717, 1.165) is 24.2 Å². The maximum absolute atomic E-state index is 12.6. The Bertz CT molecular complexity index is 799. The van der Waals surface area contributed by atoms with Gasteiger partial charge < -0.3 is 15.4 Å². The molecule has 136 valence electrons. The van der Waals surface area contributed by atoms with E-state index in [9.17, 15) is 9.59 Å². The van der Waals surface area contributed by atoms with E-state index in [0.29, 0.717) is 17.9 Å². The fourth-order valence-corrected chi connectivity index (χ4v) is 2.73. The van der Waals surface area contributed by atoms with Gasteiger partial charge in [0.15, 0.2) is 0 Å². The van der Waals surface area contributed by atoms with Gasteiger partial charge >= 0.3 is 0 Å². The SMILES string of the molecule is CCOc1cccc(C(C)NC(=O)c2cccc(NC(=O)C3CC3)c2)c1. The Kier molecular flexibility index (Phi) is 5.56. The molecule has 2 aromatic carbocycles. The maximum Gasteiger partial charge on any atom is 0.251 e. The van der Waals surface area contributed by atoms with E-state index >= 15 is 0 Å². The number of nitrogens with one attached hydrogen (secondary N) is 2. The lowest BCUT2D eigenvalue weighted by atomic mass is 10.1. The molecular formula is C21H24N2O3. The van der Waals surface area contributed by atoms with Crippen LogP contribution in [0.1, 0.15) is 48.7 Å². The summed E-state index contributed by atoms with van der Waals surface area (Å²) in [6.07, 6.45) is 1.90. The molecule has 3 rings (SSSR count). The first-order valence-electron chi connectivity index (χ1n) is 9.01. The van der Waals surface area contributed by atoms with Crippen molar-refractivity contribution in [3.63, 3.8) is 0 Å². The van der Waals surface area contributed by atoms with Crippen LogP contribution in [0, 0.1) is 5.92 Å². The van der Waals surface area contributed by atoms with Crippen LogP contribution in [0.2, 0.25) is 0 Å². The molecule has 2 amide bonds. The molecule has 5 heteroatoms. The van der Waals surface area contributed by atoms with Crippen molar-refractivity contribution < 1.29 is 14.3 Å². The van der Waals surface area contributed by atoms with Crippen LogP contribution in [0.15, 0.2) is 48.5 Å². The Hall–Kier alpha value is -2.82. The van der Waals surface area contributed by atoms with E-state index in [-0.39, 0.29) is 23.8 Å². The number of benzene rings is 2. The Morgan fingerprint density at radius 2 is 1.92 bits per heavy atom. The van der Waals surface area contributed by atoms with Crippen molar-refractivity contribution in [2.45, 2.75) is 32.7 Å². The second kappa shape index (κ2) is 8.04. The summed E-state index contributed by atoms with van der Waals surface area (Å²) in [7, 11) is 0. The molecule has 5 nitrogen and oxygen atoms in total. The van der Waals surface area contributed by atoms with Gasteiger partial charge in [-0.15, -0.1) is 0 Å². The van der Waals surface area contributed by atoms with Crippen molar-refractivity contribution in [2.75, 3.05) is 11.9 Å². The van der Waals surface area contributed by atoms with Crippen molar-refractivity contribution >= 4 is 17.5 Å². The fraction of sp³-hybridized carbons (Fsp3) is 0.333. The highest BCUT2D eigenvalue weighted by Crippen LogP contribution is 2.30. The zero-order valence-electron chi connectivity index (χ0n) is 15.1. The summed E-state index contributed by atoms with van der Waals surface area (Å²) in [6, 6.07) is 14.6. The summed E-state index contributed by atoms with van der Waals surface area (Å²) < 4.78 is 5.51. The van der Waals surface area contributed by atoms with E-state index in [1.807, 2.05) is 38.1 Å². The molecule has 0 spiro atoms. The Morgan fingerprint density at radius 1 is 1.15 bits per heavy atom. The predicted octanol–water partition coefficient (Wildman–Crippen LogP) is 3.92. The largest absolute Gasteiger partial charge is 0.494 e. The monoisotopic (exact) mass is 352 g/mol. The smallest absolute Gasteiger partial charge is 0.251 e. The molecule has 2 N–H and O–H groups in total. The third-order valence-electron chi connectivity index (χ3n) is 4.36. The molecule has 1 saturated carbocycles. The third-order valence-corrected chi connectivity index (χ3v) is 4.36. The predicted molar refractivity (Wildman–Crippen MR) is 101 cm³/mol. The van der Waals surface area contributed by atoms with Crippen molar-refractivity contribution in [3.8, 4) is 5.75 Å². The van der Waals surface area contributed by atoms with Gasteiger partial charge in [0, 0.05) is 17.2 Å². The molecule has 1 aliphatic carbocycles. The van der Waals surface area contributed by atoms with Gasteiger partial charge in [-0.05, 0) is 62.6 Å². The minimum atomic E-state index is -0.179. The number of anilines is 1. The molecule has 0 saturated heterocycles. The van der Waals surface area contributed by atoms with Crippen LogP contribution in [-0.2, 0) is 4.79 Å². The highest BCUT2D eigenvalue weighted by atomic mass is 16.5. The van der Waals surface area contributed by atoms with E-state index < -0.39 is 0 Å². The zero-order valence-corrected chi connectivity index (χ0v) is 15.1. The number of amides is 2. The topological polar surface area (TPSA) is 67.4 Å². The lowest BCUT2D eigenvalue weighted by Crippen LogP contribution is -2.26.